The zero-order chi connectivity index (χ0) is 16.5. The van der Waals surface area contributed by atoms with Gasteiger partial charge in [0.05, 0.1) is 0 Å². The summed E-state index contributed by atoms with van der Waals surface area (Å²) in [7, 11) is -5.65. The molecule has 0 unspecified atom stereocenters. The number of hydrogen-bond acceptors (Lipinski definition) is 4. The van der Waals surface area contributed by atoms with Crippen LogP contribution < -0.4 is 0 Å². The highest BCUT2D eigenvalue weighted by Gasteiger charge is 2.49. The first-order valence-corrected chi connectivity index (χ1v) is 8.53. The zero-order valence-electron chi connectivity index (χ0n) is 12.1. The van der Waals surface area contributed by atoms with E-state index in [9.17, 15) is 26.4 Å². The lowest BCUT2D eigenvalue weighted by Gasteiger charge is -2.34. The van der Waals surface area contributed by atoms with Crippen molar-refractivity contribution in [3.8, 4) is 0 Å². The second-order valence-electron chi connectivity index (χ2n) is 5.68. The molecule has 2 aliphatic rings. The van der Waals surface area contributed by atoms with Gasteiger partial charge in [0.2, 0.25) is 5.91 Å². The predicted molar refractivity (Wildman–Crippen MR) is 71.9 cm³/mol. The Morgan fingerprint density at radius 2 is 1.91 bits per heavy atom. The maximum absolute atomic E-state index is 12.3. The Morgan fingerprint density at radius 1 is 1.32 bits per heavy atom. The fraction of sp³-hybridized carbons (Fsp3) is 0.769. The van der Waals surface area contributed by atoms with E-state index in [0.717, 1.165) is 25.7 Å². The number of nitrogens with zero attached hydrogens (tertiary/aromatic N) is 1. The third kappa shape index (κ3) is 3.56. The van der Waals surface area contributed by atoms with Gasteiger partial charge in [-0.3, -0.25) is 4.79 Å². The van der Waals surface area contributed by atoms with Gasteiger partial charge in [-0.2, -0.15) is 21.6 Å². The van der Waals surface area contributed by atoms with Crippen molar-refractivity contribution in [1.29, 1.82) is 0 Å². The summed E-state index contributed by atoms with van der Waals surface area (Å²) in [5, 5.41) is 0. The van der Waals surface area contributed by atoms with Crippen molar-refractivity contribution >= 4 is 16.0 Å². The summed E-state index contributed by atoms with van der Waals surface area (Å²) in [5.74, 6) is -0.309. The number of carbonyl (C=O) groups excluding carboxylic acids is 1. The van der Waals surface area contributed by atoms with Gasteiger partial charge in [-0.15, -0.1) is 0 Å². The lowest BCUT2D eigenvalue weighted by Crippen LogP contribution is -2.44. The van der Waals surface area contributed by atoms with E-state index in [0.29, 0.717) is 0 Å². The maximum atomic E-state index is 12.3. The van der Waals surface area contributed by atoms with Crippen molar-refractivity contribution in [3.63, 3.8) is 0 Å². The molecule has 0 spiro atoms. The minimum absolute atomic E-state index is 0.0148. The summed E-state index contributed by atoms with van der Waals surface area (Å²) in [5.41, 5.74) is -5.45. The van der Waals surface area contributed by atoms with Gasteiger partial charge in [0.25, 0.3) is 0 Å². The maximum Gasteiger partial charge on any atom is 0.534 e. The third-order valence-electron chi connectivity index (χ3n) is 4.03. The SMILES string of the molecule is C[C@H]1CC(OS(=O)(=O)C(F)(F)F)=CCN1C(=O)C1CCCC1. The first kappa shape index (κ1) is 17.1. The molecule has 1 heterocycles. The molecule has 0 N–H and O–H groups in total. The van der Waals surface area contributed by atoms with Crippen LogP contribution in [0.1, 0.15) is 39.0 Å². The molecular weight excluding hydrogens is 323 g/mol. The number of carbonyl (C=O) groups is 1. The molecule has 9 heteroatoms. The second kappa shape index (κ2) is 6.10. The van der Waals surface area contributed by atoms with E-state index < -0.39 is 21.7 Å². The minimum Gasteiger partial charge on any atom is -0.381 e. The molecule has 2 rings (SSSR count). The summed E-state index contributed by atoms with van der Waals surface area (Å²) in [6.45, 7) is 1.74. The number of halogens is 3. The largest absolute Gasteiger partial charge is 0.534 e. The minimum atomic E-state index is -5.65. The molecular formula is C13H18F3NO4S. The van der Waals surface area contributed by atoms with E-state index in [1.807, 2.05) is 0 Å². The molecule has 1 saturated carbocycles. The van der Waals surface area contributed by atoms with Crippen molar-refractivity contribution in [1.82, 2.24) is 4.90 Å². The Morgan fingerprint density at radius 3 is 2.41 bits per heavy atom. The molecule has 1 aliphatic carbocycles. The van der Waals surface area contributed by atoms with Gasteiger partial charge in [0.1, 0.15) is 5.76 Å². The molecule has 1 fully saturated rings. The molecule has 5 nitrogen and oxygen atoms in total. The van der Waals surface area contributed by atoms with Gasteiger partial charge in [-0.05, 0) is 25.8 Å². The van der Waals surface area contributed by atoms with Crippen LogP contribution in [-0.4, -0.2) is 37.3 Å². The van der Waals surface area contributed by atoms with Crippen molar-refractivity contribution in [2.75, 3.05) is 6.54 Å². The van der Waals surface area contributed by atoms with E-state index >= 15 is 0 Å². The van der Waals surface area contributed by atoms with Gasteiger partial charge in [0, 0.05) is 24.9 Å². The van der Waals surface area contributed by atoms with Crippen LogP contribution in [0.5, 0.6) is 0 Å². The number of alkyl halides is 3. The quantitative estimate of drug-likeness (QED) is 0.585. The molecule has 1 aliphatic heterocycles. The first-order valence-electron chi connectivity index (χ1n) is 7.12. The van der Waals surface area contributed by atoms with Crippen molar-refractivity contribution < 1.29 is 30.6 Å². The summed E-state index contributed by atoms with van der Waals surface area (Å²) in [6, 6.07) is -0.392. The highest BCUT2D eigenvalue weighted by molar-refractivity contribution is 7.87. The van der Waals surface area contributed by atoms with Crippen LogP contribution in [0.4, 0.5) is 13.2 Å². The highest BCUT2D eigenvalue weighted by atomic mass is 32.2. The molecule has 0 radical (unpaired) electrons. The fourth-order valence-electron chi connectivity index (χ4n) is 2.84. The van der Waals surface area contributed by atoms with E-state index in [2.05, 4.69) is 4.18 Å². The van der Waals surface area contributed by atoms with Gasteiger partial charge >= 0.3 is 15.6 Å². The van der Waals surface area contributed by atoms with E-state index in [4.69, 9.17) is 0 Å². The molecule has 0 aromatic rings. The van der Waals surface area contributed by atoms with Gasteiger partial charge in [0.15, 0.2) is 0 Å². The summed E-state index contributed by atoms with van der Waals surface area (Å²) < 4.78 is 63.0. The van der Waals surface area contributed by atoms with E-state index in [1.54, 1.807) is 11.8 Å². The van der Waals surface area contributed by atoms with Crippen LogP contribution >= 0.6 is 0 Å². The van der Waals surface area contributed by atoms with Crippen LogP contribution in [0, 0.1) is 5.92 Å². The van der Waals surface area contributed by atoms with Crippen LogP contribution in [0.2, 0.25) is 0 Å². The van der Waals surface area contributed by atoms with E-state index in [1.165, 1.54) is 6.08 Å². The van der Waals surface area contributed by atoms with Crippen LogP contribution in [0.15, 0.2) is 11.8 Å². The Balaban J connectivity index is 2.03. The van der Waals surface area contributed by atoms with Crippen LogP contribution in [-0.2, 0) is 19.1 Å². The van der Waals surface area contributed by atoms with Crippen LogP contribution in [0.3, 0.4) is 0 Å². The summed E-state index contributed by atoms with van der Waals surface area (Å²) in [4.78, 5) is 13.9. The molecule has 0 aromatic heterocycles. The van der Waals surface area contributed by atoms with Gasteiger partial charge in [-0.1, -0.05) is 12.8 Å². The average Bonchev–Trinajstić information content (AvgIpc) is 2.90. The van der Waals surface area contributed by atoms with Crippen molar-refractivity contribution in [2.24, 2.45) is 5.92 Å². The van der Waals surface area contributed by atoms with E-state index in [-0.39, 0.29) is 30.5 Å². The topological polar surface area (TPSA) is 63.7 Å². The molecule has 1 atom stereocenters. The zero-order valence-corrected chi connectivity index (χ0v) is 12.9. The van der Waals surface area contributed by atoms with Crippen molar-refractivity contribution in [3.05, 3.63) is 11.8 Å². The Bertz CT molecular complexity index is 564. The highest BCUT2D eigenvalue weighted by Crippen LogP contribution is 2.32. The standard InChI is InChI=1S/C13H18F3NO4S/c1-9-8-11(21-22(19,20)13(14,15)16)6-7-17(9)12(18)10-4-2-3-5-10/h6,9-10H,2-5,7-8H2,1H3/t9-/m0/s1. The van der Waals surface area contributed by atoms with Crippen LogP contribution in [0.25, 0.3) is 0 Å². The molecule has 126 valence electrons. The molecule has 1 amide bonds. The Kier molecular flexibility index (Phi) is 4.74. The predicted octanol–water partition coefficient (Wildman–Crippen LogP) is 2.55. The number of amides is 1. The Labute approximate surface area is 127 Å². The third-order valence-corrected chi connectivity index (χ3v) is 5.03. The summed E-state index contributed by atoms with van der Waals surface area (Å²) in [6.07, 6.45) is 4.86. The normalized spacial score (nSPS) is 24.3. The average molecular weight is 341 g/mol. The van der Waals surface area contributed by atoms with Crippen molar-refractivity contribution in [2.45, 2.75) is 50.6 Å². The number of rotatable bonds is 3. The lowest BCUT2D eigenvalue weighted by atomic mass is 10.0. The fourth-order valence-corrected chi connectivity index (χ4v) is 3.35. The monoisotopic (exact) mass is 341 g/mol. The lowest BCUT2D eigenvalue weighted by molar-refractivity contribution is -0.137. The Hall–Kier alpha value is -1.25. The van der Waals surface area contributed by atoms with Gasteiger partial charge in [-0.25, -0.2) is 0 Å². The molecule has 22 heavy (non-hydrogen) atoms. The summed E-state index contributed by atoms with van der Waals surface area (Å²) >= 11 is 0. The van der Waals surface area contributed by atoms with Gasteiger partial charge < -0.3 is 9.08 Å². The first-order chi connectivity index (χ1) is 10.1. The second-order valence-corrected chi connectivity index (χ2v) is 7.22. The molecule has 0 aromatic carbocycles. The number of hydrogen-bond donors (Lipinski definition) is 0. The smallest absolute Gasteiger partial charge is 0.381 e. The molecule has 0 bridgehead atoms. The molecule has 0 saturated heterocycles.